The van der Waals surface area contributed by atoms with Crippen LogP contribution in [0.1, 0.15) is 52.0 Å². The van der Waals surface area contributed by atoms with E-state index in [1.807, 2.05) is 45.0 Å². The lowest BCUT2D eigenvalue weighted by Crippen LogP contribution is -2.25. The van der Waals surface area contributed by atoms with Crippen LogP contribution in [0, 0.1) is 5.92 Å². The van der Waals surface area contributed by atoms with Gasteiger partial charge in [-0.25, -0.2) is 0 Å². The highest BCUT2D eigenvalue weighted by Gasteiger charge is 2.25. The number of hydrogen-bond donors (Lipinski definition) is 0. The molecule has 25 heavy (non-hydrogen) atoms. The summed E-state index contributed by atoms with van der Waals surface area (Å²) in [5, 5.41) is 0. The minimum absolute atomic E-state index is 0.0185. The highest BCUT2D eigenvalue weighted by atomic mass is 16.5. The number of hydrogen-bond acceptors (Lipinski definition) is 5. The zero-order valence-corrected chi connectivity index (χ0v) is 15.6. The van der Waals surface area contributed by atoms with E-state index in [4.69, 9.17) is 14.2 Å². The van der Waals surface area contributed by atoms with E-state index in [9.17, 15) is 9.59 Å². The first kappa shape index (κ1) is 21.0. The Morgan fingerprint density at radius 2 is 1.56 bits per heavy atom. The Morgan fingerprint density at radius 1 is 0.920 bits per heavy atom. The molecular weight excluding hydrogens is 320 g/mol. The van der Waals surface area contributed by atoms with Crippen molar-refractivity contribution in [1.82, 2.24) is 0 Å². The molecule has 0 amide bonds. The van der Waals surface area contributed by atoms with E-state index in [0.717, 1.165) is 30.6 Å². The number of ether oxygens (including phenoxy) is 3. The van der Waals surface area contributed by atoms with Crippen molar-refractivity contribution in [3.05, 3.63) is 29.8 Å². The van der Waals surface area contributed by atoms with Crippen molar-refractivity contribution in [2.45, 2.75) is 52.9 Å². The molecule has 0 aromatic heterocycles. The van der Waals surface area contributed by atoms with Crippen molar-refractivity contribution in [3.63, 3.8) is 0 Å². The van der Waals surface area contributed by atoms with Crippen LogP contribution in [0.5, 0.6) is 5.75 Å². The summed E-state index contributed by atoms with van der Waals surface area (Å²) in [6.07, 6.45) is 2.81. The molecule has 0 heterocycles. The number of para-hydroxylation sites is 1. The smallest absolute Gasteiger partial charge is 0.309 e. The normalized spacial score (nSPS) is 11.6. The SMILES string of the molecule is CCCOC(=O)CC(Cc1ccccc1OCCC)C(=O)OCCC. The molecule has 0 fully saturated rings. The summed E-state index contributed by atoms with van der Waals surface area (Å²) >= 11 is 0. The number of benzene rings is 1. The van der Waals surface area contributed by atoms with E-state index < -0.39 is 5.92 Å². The van der Waals surface area contributed by atoms with Crippen LogP contribution in [-0.4, -0.2) is 31.8 Å². The molecular formula is C20H30O5. The van der Waals surface area contributed by atoms with Crippen LogP contribution in [0.2, 0.25) is 0 Å². The van der Waals surface area contributed by atoms with Crippen LogP contribution in [0.4, 0.5) is 0 Å². The van der Waals surface area contributed by atoms with Crippen LogP contribution in [0.25, 0.3) is 0 Å². The van der Waals surface area contributed by atoms with Crippen LogP contribution in [-0.2, 0) is 25.5 Å². The lowest BCUT2D eigenvalue weighted by atomic mass is 9.95. The first-order valence-corrected chi connectivity index (χ1v) is 9.15. The maximum absolute atomic E-state index is 12.4. The molecule has 1 aromatic rings. The standard InChI is InChI=1S/C20H30O5/c1-4-11-23-18-10-8-7-9-16(18)14-17(20(22)25-13-6-3)15-19(21)24-12-5-2/h7-10,17H,4-6,11-15H2,1-3H3. The fourth-order valence-electron chi connectivity index (χ4n) is 2.33. The average molecular weight is 350 g/mol. The molecule has 1 rings (SSSR count). The van der Waals surface area contributed by atoms with E-state index in [0.29, 0.717) is 26.2 Å². The van der Waals surface area contributed by atoms with Crippen molar-refractivity contribution in [3.8, 4) is 5.75 Å². The largest absolute Gasteiger partial charge is 0.493 e. The number of esters is 2. The molecule has 0 N–H and O–H groups in total. The van der Waals surface area contributed by atoms with Gasteiger partial charge >= 0.3 is 11.9 Å². The van der Waals surface area contributed by atoms with Gasteiger partial charge in [0.15, 0.2) is 0 Å². The second-order valence-corrected chi connectivity index (χ2v) is 5.95. The predicted octanol–water partition coefficient (Wildman–Crippen LogP) is 3.93. The van der Waals surface area contributed by atoms with Crippen LogP contribution >= 0.6 is 0 Å². The zero-order valence-electron chi connectivity index (χ0n) is 15.6. The molecule has 0 radical (unpaired) electrons. The molecule has 140 valence electrons. The second-order valence-electron chi connectivity index (χ2n) is 5.95. The molecule has 0 saturated carbocycles. The molecule has 0 aliphatic heterocycles. The zero-order chi connectivity index (χ0) is 18.5. The monoisotopic (exact) mass is 350 g/mol. The van der Waals surface area contributed by atoms with E-state index >= 15 is 0 Å². The number of carbonyl (C=O) groups excluding carboxylic acids is 2. The predicted molar refractivity (Wildman–Crippen MR) is 96.5 cm³/mol. The van der Waals surface area contributed by atoms with E-state index in [2.05, 4.69) is 0 Å². The molecule has 1 aromatic carbocycles. The first-order valence-electron chi connectivity index (χ1n) is 9.15. The van der Waals surface area contributed by atoms with Crippen LogP contribution in [0.3, 0.4) is 0 Å². The highest BCUT2D eigenvalue weighted by molar-refractivity contribution is 5.80. The highest BCUT2D eigenvalue weighted by Crippen LogP contribution is 2.24. The molecule has 0 aliphatic rings. The molecule has 0 aliphatic carbocycles. The molecule has 5 heteroatoms. The molecule has 5 nitrogen and oxygen atoms in total. The Morgan fingerprint density at radius 3 is 2.24 bits per heavy atom. The van der Waals surface area contributed by atoms with Gasteiger partial charge in [0.1, 0.15) is 5.75 Å². The van der Waals surface area contributed by atoms with Crippen molar-refractivity contribution in [2.24, 2.45) is 5.92 Å². The van der Waals surface area contributed by atoms with Gasteiger partial charge in [-0.15, -0.1) is 0 Å². The molecule has 0 bridgehead atoms. The summed E-state index contributed by atoms with van der Waals surface area (Å²) in [6, 6.07) is 7.60. The third-order valence-electron chi connectivity index (χ3n) is 3.56. The van der Waals surface area contributed by atoms with Gasteiger partial charge in [-0.05, 0) is 37.3 Å². The number of carbonyl (C=O) groups is 2. The summed E-state index contributed by atoms with van der Waals surface area (Å²) in [5.74, 6) is -0.547. The lowest BCUT2D eigenvalue weighted by Gasteiger charge is -2.17. The summed E-state index contributed by atoms with van der Waals surface area (Å²) in [6.45, 7) is 7.24. The van der Waals surface area contributed by atoms with Crippen molar-refractivity contribution in [2.75, 3.05) is 19.8 Å². The van der Waals surface area contributed by atoms with Crippen LogP contribution < -0.4 is 4.74 Å². The average Bonchev–Trinajstić information content (AvgIpc) is 2.63. The Kier molecular flexibility index (Phi) is 10.4. The molecule has 0 spiro atoms. The van der Waals surface area contributed by atoms with Crippen LogP contribution in [0.15, 0.2) is 24.3 Å². The number of rotatable bonds is 12. The Hall–Kier alpha value is -2.04. The molecule has 1 unspecified atom stereocenters. The first-order chi connectivity index (χ1) is 12.1. The Labute approximate surface area is 150 Å². The van der Waals surface area contributed by atoms with Gasteiger partial charge in [0, 0.05) is 0 Å². The summed E-state index contributed by atoms with van der Waals surface area (Å²) < 4.78 is 16.1. The van der Waals surface area contributed by atoms with E-state index in [1.165, 1.54) is 0 Å². The lowest BCUT2D eigenvalue weighted by molar-refractivity contribution is -0.155. The Bertz CT molecular complexity index is 527. The van der Waals surface area contributed by atoms with Gasteiger partial charge in [0.25, 0.3) is 0 Å². The van der Waals surface area contributed by atoms with Gasteiger partial charge in [0.05, 0.1) is 32.2 Å². The van der Waals surface area contributed by atoms with Gasteiger partial charge in [-0.3, -0.25) is 9.59 Å². The van der Waals surface area contributed by atoms with Crippen molar-refractivity contribution in [1.29, 1.82) is 0 Å². The van der Waals surface area contributed by atoms with Gasteiger partial charge in [-0.2, -0.15) is 0 Å². The fraction of sp³-hybridized carbons (Fsp3) is 0.600. The van der Waals surface area contributed by atoms with Gasteiger partial charge < -0.3 is 14.2 Å². The van der Waals surface area contributed by atoms with E-state index in [-0.39, 0.29) is 18.4 Å². The van der Waals surface area contributed by atoms with Crippen molar-refractivity contribution >= 4 is 11.9 Å². The molecule has 0 saturated heterocycles. The van der Waals surface area contributed by atoms with E-state index in [1.54, 1.807) is 0 Å². The maximum Gasteiger partial charge on any atom is 0.309 e. The molecule has 1 atom stereocenters. The third kappa shape index (κ3) is 8.05. The quantitative estimate of drug-likeness (QED) is 0.535. The summed E-state index contributed by atoms with van der Waals surface area (Å²) in [4.78, 5) is 24.3. The maximum atomic E-state index is 12.4. The third-order valence-corrected chi connectivity index (χ3v) is 3.56. The van der Waals surface area contributed by atoms with Gasteiger partial charge in [-0.1, -0.05) is 39.0 Å². The summed E-state index contributed by atoms with van der Waals surface area (Å²) in [5.41, 5.74) is 0.901. The fourth-order valence-corrected chi connectivity index (χ4v) is 2.33. The Balaban J connectivity index is 2.84. The topological polar surface area (TPSA) is 61.8 Å². The second kappa shape index (κ2) is 12.3. The minimum atomic E-state index is -0.567. The van der Waals surface area contributed by atoms with Crippen molar-refractivity contribution < 1.29 is 23.8 Å². The minimum Gasteiger partial charge on any atom is -0.493 e. The van der Waals surface area contributed by atoms with Gasteiger partial charge in [0.2, 0.25) is 0 Å². The summed E-state index contributed by atoms with van der Waals surface area (Å²) in [7, 11) is 0.